The van der Waals surface area contributed by atoms with E-state index in [0.717, 1.165) is 33.0 Å². The van der Waals surface area contributed by atoms with Crippen molar-refractivity contribution < 1.29 is 28.8 Å². The number of benzene rings is 4. The van der Waals surface area contributed by atoms with Crippen molar-refractivity contribution in [3.63, 3.8) is 0 Å². The number of hydrogen-bond acceptors (Lipinski definition) is 9. The summed E-state index contributed by atoms with van der Waals surface area (Å²) >= 11 is 1.54. The molecule has 8 bridgehead atoms. The van der Waals surface area contributed by atoms with Gasteiger partial charge in [-0.2, -0.15) is 0 Å². The molecular weight excluding hydrogens is 627 g/mol. The minimum absolute atomic E-state index is 0.101. The Morgan fingerprint density at radius 2 is 0.889 bits per heavy atom. The van der Waals surface area contributed by atoms with Crippen molar-refractivity contribution in [1.29, 1.82) is 0 Å². The molecule has 0 unspecified atom stereocenters. The maximum absolute atomic E-state index is 12.2. The molecule has 0 fully saturated rings. The standard InChI is InChI=1S/C32H17N8O3S.V/c41-44(42)43-23-15-7-14-22-24(23)32-39-30-21-13-6-5-12-20(21)28(37-30)35-26-17-9-2-1-8-16(17)25(33-26)34-27-18-10-3-4-11-19(18)29(36-27)38-31(22)40-32;/h1-15H,(H2,33,34,35,36,37,38,39,40);. The summed E-state index contributed by atoms with van der Waals surface area (Å²) in [5.41, 5.74) is 5.16. The Kier molecular flexibility index (Phi) is 5.51. The molecule has 7 aromatic rings. The Morgan fingerprint density at radius 1 is 0.489 bits per heavy atom. The molecule has 0 radical (unpaired) electrons. The second-order valence-electron chi connectivity index (χ2n) is 10.4. The first-order valence-corrected chi connectivity index (χ1v) is 16.9. The molecule has 0 amide bonds. The molecule has 0 saturated heterocycles. The van der Waals surface area contributed by atoms with E-state index >= 15 is 0 Å². The van der Waals surface area contributed by atoms with Crippen molar-refractivity contribution in [3.05, 3.63) is 91.0 Å². The summed E-state index contributed by atoms with van der Waals surface area (Å²) < 4.78 is 29.9. The Morgan fingerprint density at radius 3 is 1.38 bits per heavy atom. The van der Waals surface area contributed by atoms with Crippen LogP contribution >= 0.6 is 0 Å². The summed E-state index contributed by atoms with van der Waals surface area (Å²) in [5.74, 6) is 1.91. The molecule has 2 aliphatic rings. The van der Waals surface area contributed by atoms with Crippen LogP contribution in [0.2, 0.25) is 0 Å². The zero-order chi connectivity index (χ0) is 30.3. The molecular formula is C32H17N8O3SV. The van der Waals surface area contributed by atoms with Crippen LogP contribution in [0.3, 0.4) is 0 Å². The summed E-state index contributed by atoms with van der Waals surface area (Å²) in [6.45, 7) is 0. The fourth-order valence-corrected chi connectivity index (χ4v) is 6.58. The molecule has 11 nitrogen and oxygen atoms in total. The number of nitrogens with zero attached hydrogens (tertiary/aromatic N) is 6. The number of H-pyrrole nitrogens is 2. The predicted molar refractivity (Wildman–Crippen MR) is 166 cm³/mol. The molecule has 4 aromatic carbocycles. The normalized spacial score (nSPS) is 12.3. The fraction of sp³-hybridized carbons (Fsp3) is 0. The molecule has 9 rings (SSSR count). The fourth-order valence-electron chi connectivity index (χ4n) is 5.84. The van der Waals surface area contributed by atoms with E-state index in [2.05, 4.69) is 9.97 Å². The third-order valence-corrected chi connectivity index (χ3v) is 8.48. The van der Waals surface area contributed by atoms with E-state index in [4.69, 9.17) is 34.1 Å². The van der Waals surface area contributed by atoms with Gasteiger partial charge in [-0.1, -0.05) is 24.3 Å². The first-order chi connectivity index (χ1) is 21.9. The average Bonchev–Trinajstić information content (AvgIpc) is 3.76. The Bertz CT molecular complexity index is 2680. The van der Waals surface area contributed by atoms with Gasteiger partial charge in [-0.05, 0) is 0 Å². The van der Waals surface area contributed by atoms with Crippen LogP contribution in [0.5, 0.6) is 5.75 Å². The van der Waals surface area contributed by atoms with Gasteiger partial charge in [0.15, 0.2) is 0 Å². The summed E-state index contributed by atoms with van der Waals surface area (Å²) in [6, 6.07) is 28.4. The quantitative estimate of drug-likeness (QED) is 0.229. The minimum atomic E-state index is -3.91. The van der Waals surface area contributed by atoms with Gasteiger partial charge < -0.3 is 0 Å². The van der Waals surface area contributed by atoms with Crippen LogP contribution in [0.25, 0.3) is 89.7 Å². The van der Waals surface area contributed by atoms with Gasteiger partial charge in [0.05, 0.1) is 0 Å². The van der Waals surface area contributed by atoms with E-state index < -0.39 is 8.27 Å². The predicted octanol–water partition coefficient (Wildman–Crippen LogP) is 6.04. The summed E-state index contributed by atoms with van der Waals surface area (Å²) in [6.07, 6.45) is 0. The van der Waals surface area contributed by atoms with Crippen LogP contribution in [0, 0.1) is 0 Å². The van der Waals surface area contributed by atoms with Gasteiger partial charge in [-0.15, -0.1) is 0 Å². The number of nitrogens with one attached hydrogen (secondary N) is 2. The van der Waals surface area contributed by atoms with Crippen molar-refractivity contribution in [2.45, 2.75) is 0 Å². The van der Waals surface area contributed by atoms with Crippen LogP contribution in [-0.4, -0.2) is 48.3 Å². The maximum atomic E-state index is 12.2. The van der Waals surface area contributed by atoms with Crippen molar-refractivity contribution >= 4 is 52.4 Å². The number of rotatable bonds is 2. The van der Waals surface area contributed by atoms with Crippen LogP contribution in [0.15, 0.2) is 91.0 Å². The zero-order valence-electron chi connectivity index (χ0n) is 22.9. The molecule has 2 N–H and O–H groups in total. The van der Waals surface area contributed by atoms with Crippen molar-refractivity contribution in [2.75, 3.05) is 0 Å². The van der Waals surface area contributed by atoms with E-state index in [1.165, 1.54) is 16.2 Å². The molecule has 0 spiro atoms. The molecule has 13 heteroatoms. The van der Waals surface area contributed by atoms with Gasteiger partial charge in [-0.25, -0.2) is 0 Å². The van der Waals surface area contributed by atoms with Gasteiger partial charge >= 0.3 is 234 Å². The van der Waals surface area contributed by atoms with E-state index in [0.29, 0.717) is 56.7 Å². The van der Waals surface area contributed by atoms with Gasteiger partial charge in [0.25, 0.3) is 0 Å². The molecule has 0 atom stereocenters. The molecule has 5 heterocycles. The summed E-state index contributed by atoms with van der Waals surface area (Å²) in [5, 5.41) is 2.80. The summed E-state index contributed by atoms with van der Waals surface area (Å²) in [7, 11) is -3.91. The van der Waals surface area contributed by atoms with E-state index in [1.807, 2.05) is 78.9 Å². The van der Waals surface area contributed by atoms with Crippen molar-refractivity contribution in [3.8, 4) is 51.3 Å². The van der Waals surface area contributed by atoms with Gasteiger partial charge in [0.2, 0.25) is 0 Å². The first kappa shape index (κ1) is 26.0. The van der Waals surface area contributed by atoms with Gasteiger partial charge in [-0.3, -0.25) is 0 Å². The van der Waals surface area contributed by atoms with Crippen LogP contribution in [0.1, 0.15) is 0 Å². The first-order valence-electron chi connectivity index (χ1n) is 13.8. The molecule has 214 valence electrons. The topological polar surface area (TPSA) is 152 Å². The zero-order valence-corrected chi connectivity index (χ0v) is 25.1. The number of fused-ring (bicyclic) bond motifs is 20. The van der Waals surface area contributed by atoms with Crippen LogP contribution in [-0.2, 0) is 24.5 Å². The van der Waals surface area contributed by atoms with Crippen LogP contribution < -0.4 is 4.18 Å². The second kappa shape index (κ2) is 9.54. The van der Waals surface area contributed by atoms with Gasteiger partial charge in [0.1, 0.15) is 0 Å². The average molecular weight is 645 g/mol. The van der Waals surface area contributed by atoms with Crippen molar-refractivity contribution in [1.82, 2.24) is 39.9 Å². The molecule has 2 aliphatic heterocycles. The monoisotopic (exact) mass is 644 g/mol. The SMILES string of the molecule is O=[S](=O)([V])Oc1cccc2c3nc4nc(nc5[nH]c(nc6nc(nc([nH]3)c12)-c1ccccc1-6)c1ccccc51)-c1ccccc1-4. The Balaban J connectivity index is 1.50. The van der Waals surface area contributed by atoms with E-state index in [1.54, 1.807) is 12.1 Å². The van der Waals surface area contributed by atoms with Gasteiger partial charge in [0, 0.05) is 5.39 Å². The Hall–Kier alpha value is -5.43. The molecule has 3 aromatic heterocycles. The summed E-state index contributed by atoms with van der Waals surface area (Å²) in [4.78, 5) is 36.2. The third-order valence-electron chi connectivity index (χ3n) is 7.74. The number of aromatic amines is 2. The van der Waals surface area contributed by atoms with Crippen LogP contribution in [0.4, 0.5) is 0 Å². The Labute approximate surface area is 262 Å². The third kappa shape index (κ3) is 4.22. The molecule has 0 aliphatic carbocycles. The molecule has 45 heavy (non-hydrogen) atoms. The molecule has 0 saturated carbocycles. The second-order valence-corrected chi connectivity index (χ2v) is 13.6. The van der Waals surface area contributed by atoms with Crippen molar-refractivity contribution in [2.24, 2.45) is 0 Å². The van der Waals surface area contributed by atoms with E-state index in [-0.39, 0.29) is 5.75 Å². The van der Waals surface area contributed by atoms with E-state index in [9.17, 15) is 8.42 Å². The number of aromatic nitrogens is 8. The number of hydrogen-bond donors (Lipinski definition) is 2.